The summed E-state index contributed by atoms with van der Waals surface area (Å²) >= 11 is 0. The largest absolute Gasteiger partial charge is 0.457 e. The van der Waals surface area contributed by atoms with Gasteiger partial charge in [-0.05, 0) is 78.9 Å². The van der Waals surface area contributed by atoms with Crippen LogP contribution in [-0.2, 0) is 0 Å². The molecule has 0 bridgehead atoms. The van der Waals surface area contributed by atoms with E-state index in [-0.39, 0.29) is 0 Å². The maximum absolute atomic E-state index is 6.91. The minimum atomic E-state index is 0.694. The van der Waals surface area contributed by atoms with E-state index in [2.05, 4.69) is 184 Å². The molecule has 1 heterocycles. The molecular weight excluding hydrogens is 661 g/mol. The number of hydrogen-bond acceptors (Lipinski definition) is 4. The van der Waals surface area contributed by atoms with Gasteiger partial charge in [0.1, 0.15) is 17.3 Å². The predicted molar refractivity (Wildman–Crippen MR) is 222 cm³/mol. The van der Waals surface area contributed by atoms with Gasteiger partial charge in [-0.1, -0.05) is 121 Å². The Labute approximate surface area is 315 Å². The van der Waals surface area contributed by atoms with Crippen molar-refractivity contribution in [1.82, 2.24) is 9.55 Å². The Morgan fingerprint density at radius 2 is 0.833 bits per heavy atom. The van der Waals surface area contributed by atoms with E-state index in [1.165, 1.54) is 0 Å². The first-order valence-electron chi connectivity index (χ1n) is 18.1. The average molecular weight is 697 g/mol. The Morgan fingerprint density at radius 3 is 1.41 bits per heavy atom. The summed E-state index contributed by atoms with van der Waals surface area (Å²) in [6, 6.07) is 75.1. The second kappa shape index (κ2) is 14.7. The average Bonchev–Trinajstić information content (AvgIpc) is 3.63. The molecule has 8 aromatic carbocycles. The van der Waals surface area contributed by atoms with Crippen molar-refractivity contribution in [1.29, 1.82) is 0 Å². The van der Waals surface area contributed by atoms with Crippen LogP contribution in [0.3, 0.4) is 0 Å². The van der Waals surface area contributed by atoms with Crippen molar-refractivity contribution in [2.24, 2.45) is 0 Å². The molecule has 5 heteroatoms. The predicted octanol–water partition coefficient (Wildman–Crippen LogP) is 13.4. The molecule has 0 amide bonds. The molecule has 258 valence electrons. The van der Waals surface area contributed by atoms with Crippen LogP contribution in [0.4, 0.5) is 34.1 Å². The third-order valence-electron chi connectivity index (χ3n) is 9.35. The van der Waals surface area contributed by atoms with E-state index in [9.17, 15) is 0 Å². The molecule has 0 aliphatic carbocycles. The molecule has 0 saturated heterocycles. The van der Waals surface area contributed by atoms with Crippen molar-refractivity contribution < 1.29 is 4.74 Å². The number of imidazole rings is 1. The standard InChI is InChI=1S/C49H36N4O/c1-6-19-37(20-7-1)49-50-47-31-16-17-32-48(47)53(49)44-33-43(52(40-25-12-4-13-26-40)41-27-14-5-15-28-41)35-46(36-44)54-45-30-18-29-42(34-45)51(38-21-8-2-9-22-38)39-23-10-3-11-24-39/h1-36H. The van der Waals surface area contributed by atoms with Gasteiger partial charge in [-0.25, -0.2) is 4.98 Å². The molecule has 0 atom stereocenters. The van der Waals surface area contributed by atoms with Gasteiger partial charge in [0.25, 0.3) is 0 Å². The van der Waals surface area contributed by atoms with E-state index in [0.717, 1.165) is 68.0 Å². The summed E-state index contributed by atoms with van der Waals surface area (Å²) < 4.78 is 9.15. The maximum Gasteiger partial charge on any atom is 0.145 e. The second-order valence-corrected chi connectivity index (χ2v) is 12.9. The number of rotatable bonds is 10. The summed E-state index contributed by atoms with van der Waals surface area (Å²) in [6.45, 7) is 0. The number of para-hydroxylation sites is 6. The van der Waals surface area contributed by atoms with Gasteiger partial charge in [-0.2, -0.15) is 0 Å². The van der Waals surface area contributed by atoms with Crippen molar-refractivity contribution in [3.63, 3.8) is 0 Å². The van der Waals surface area contributed by atoms with Crippen LogP contribution in [0.5, 0.6) is 11.5 Å². The summed E-state index contributed by atoms with van der Waals surface area (Å²) in [7, 11) is 0. The Morgan fingerprint density at radius 1 is 0.370 bits per heavy atom. The number of fused-ring (bicyclic) bond motifs is 1. The molecule has 0 fully saturated rings. The Balaban J connectivity index is 1.22. The van der Waals surface area contributed by atoms with Crippen LogP contribution in [-0.4, -0.2) is 9.55 Å². The number of aromatic nitrogens is 2. The highest BCUT2D eigenvalue weighted by Crippen LogP contribution is 2.41. The molecule has 0 radical (unpaired) electrons. The van der Waals surface area contributed by atoms with E-state index in [4.69, 9.17) is 9.72 Å². The number of nitrogens with zero attached hydrogens (tertiary/aromatic N) is 4. The zero-order chi connectivity index (χ0) is 36.1. The van der Waals surface area contributed by atoms with Crippen molar-refractivity contribution in [2.45, 2.75) is 0 Å². The van der Waals surface area contributed by atoms with Crippen LogP contribution in [0, 0.1) is 0 Å². The molecule has 0 spiro atoms. The van der Waals surface area contributed by atoms with Gasteiger partial charge < -0.3 is 14.5 Å². The highest BCUT2D eigenvalue weighted by molar-refractivity contribution is 5.85. The van der Waals surface area contributed by atoms with Crippen molar-refractivity contribution in [3.05, 3.63) is 218 Å². The first kappa shape index (κ1) is 32.5. The fraction of sp³-hybridized carbons (Fsp3) is 0. The normalized spacial score (nSPS) is 11.0. The van der Waals surface area contributed by atoms with Crippen LogP contribution in [0.1, 0.15) is 0 Å². The van der Waals surface area contributed by atoms with Crippen LogP contribution >= 0.6 is 0 Å². The fourth-order valence-corrected chi connectivity index (χ4v) is 6.98. The molecule has 0 saturated carbocycles. The van der Waals surface area contributed by atoms with Gasteiger partial charge in [0.2, 0.25) is 0 Å². The molecule has 9 rings (SSSR count). The zero-order valence-corrected chi connectivity index (χ0v) is 29.5. The molecule has 9 aromatic rings. The van der Waals surface area contributed by atoms with E-state index in [1.54, 1.807) is 0 Å². The topological polar surface area (TPSA) is 33.5 Å². The summed E-state index contributed by atoms with van der Waals surface area (Å²) in [4.78, 5) is 9.66. The number of ether oxygens (including phenoxy) is 1. The zero-order valence-electron chi connectivity index (χ0n) is 29.5. The summed E-state index contributed by atoms with van der Waals surface area (Å²) in [5, 5.41) is 0. The lowest BCUT2D eigenvalue weighted by Gasteiger charge is -2.27. The lowest BCUT2D eigenvalue weighted by atomic mass is 10.1. The first-order chi connectivity index (χ1) is 26.8. The third-order valence-corrected chi connectivity index (χ3v) is 9.35. The monoisotopic (exact) mass is 696 g/mol. The first-order valence-corrected chi connectivity index (χ1v) is 18.1. The molecule has 0 aliphatic heterocycles. The van der Waals surface area contributed by atoms with Crippen molar-refractivity contribution in [3.8, 4) is 28.6 Å². The van der Waals surface area contributed by atoms with Crippen LogP contribution in [0.15, 0.2) is 218 Å². The summed E-state index contributed by atoms with van der Waals surface area (Å²) in [5.41, 5.74) is 10.0. The van der Waals surface area contributed by atoms with Crippen LogP contribution < -0.4 is 14.5 Å². The van der Waals surface area contributed by atoms with Gasteiger partial charge in [0.05, 0.1) is 22.4 Å². The summed E-state index contributed by atoms with van der Waals surface area (Å²) in [6.07, 6.45) is 0. The highest BCUT2D eigenvalue weighted by Gasteiger charge is 2.20. The van der Waals surface area contributed by atoms with E-state index >= 15 is 0 Å². The van der Waals surface area contributed by atoms with E-state index in [0.29, 0.717) is 5.75 Å². The summed E-state index contributed by atoms with van der Waals surface area (Å²) in [5.74, 6) is 2.27. The molecule has 0 N–H and O–H groups in total. The third kappa shape index (κ3) is 6.58. The minimum Gasteiger partial charge on any atom is -0.457 e. The second-order valence-electron chi connectivity index (χ2n) is 12.9. The minimum absolute atomic E-state index is 0.694. The van der Waals surface area contributed by atoms with Gasteiger partial charge in [0, 0.05) is 52.2 Å². The Bertz CT molecular complexity index is 2550. The fourth-order valence-electron chi connectivity index (χ4n) is 6.98. The number of hydrogen-bond donors (Lipinski definition) is 0. The lowest BCUT2D eigenvalue weighted by molar-refractivity contribution is 0.483. The smallest absolute Gasteiger partial charge is 0.145 e. The van der Waals surface area contributed by atoms with Gasteiger partial charge >= 0.3 is 0 Å². The van der Waals surface area contributed by atoms with Gasteiger partial charge in [-0.3, -0.25) is 4.57 Å². The van der Waals surface area contributed by atoms with Crippen molar-refractivity contribution in [2.75, 3.05) is 9.80 Å². The molecule has 5 nitrogen and oxygen atoms in total. The number of benzene rings is 8. The van der Waals surface area contributed by atoms with Gasteiger partial charge in [0.15, 0.2) is 0 Å². The molecule has 54 heavy (non-hydrogen) atoms. The number of anilines is 6. The molecule has 0 unspecified atom stereocenters. The van der Waals surface area contributed by atoms with Crippen molar-refractivity contribution >= 4 is 45.2 Å². The Kier molecular flexibility index (Phi) is 8.86. The van der Waals surface area contributed by atoms with Gasteiger partial charge in [-0.15, -0.1) is 0 Å². The SMILES string of the molecule is c1ccc(-c2nc3ccccc3n2-c2cc(Oc3cccc(N(c4ccccc4)c4ccccc4)c3)cc(N(c3ccccc3)c3ccccc3)c2)cc1. The Hall–Kier alpha value is -7.37. The van der Waals surface area contributed by atoms with E-state index < -0.39 is 0 Å². The van der Waals surface area contributed by atoms with E-state index in [1.807, 2.05) is 48.5 Å². The lowest BCUT2D eigenvalue weighted by Crippen LogP contribution is -2.11. The van der Waals surface area contributed by atoms with Crippen LogP contribution in [0.2, 0.25) is 0 Å². The quantitative estimate of drug-likeness (QED) is 0.143. The highest BCUT2D eigenvalue weighted by atomic mass is 16.5. The molecule has 0 aliphatic rings. The molecular formula is C49H36N4O. The maximum atomic E-state index is 6.91. The molecule has 1 aromatic heterocycles. The van der Waals surface area contributed by atoms with Crippen LogP contribution in [0.25, 0.3) is 28.1 Å².